The average Bonchev–Trinajstić information content (AvgIpc) is 2.46. The van der Waals surface area contributed by atoms with Crippen LogP contribution in [0, 0.1) is 5.92 Å². The molecule has 1 fully saturated rings. The number of rotatable bonds is 4. The van der Waals surface area contributed by atoms with Gasteiger partial charge < -0.3 is 4.74 Å². The summed E-state index contributed by atoms with van der Waals surface area (Å²) in [5.74, 6) is -0.173. The Balaban J connectivity index is 1.80. The van der Waals surface area contributed by atoms with E-state index in [4.69, 9.17) is 10.5 Å². The van der Waals surface area contributed by atoms with E-state index in [1.54, 1.807) is 0 Å². The van der Waals surface area contributed by atoms with Crippen LogP contribution in [0.5, 0.6) is 0 Å². The number of ether oxygens (including phenoxy) is 1. The van der Waals surface area contributed by atoms with Gasteiger partial charge in [-0.25, -0.2) is 5.73 Å². The second-order valence-corrected chi connectivity index (χ2v) is 4.97. The number of hydrogen-bond acceptors (Lipinski definition) is 2. The van der Waals surface area contributed by atoms with Crippen LogP contribution in [-0.2, 0) is 16.1 Å². The fraction of sp³-hybridized carbons (Fsp3) is 0.533. The summed E-state index contributed by atoms with van der Waals surface area (Å²) in [4.78, 5) is 11.8. The standard InChI is InChI=1S/C15H20NO2/c16-14(13-9-5-2-6-10-13)15(17)18-11-12-7-3-1-4-8-12/h1,3-4,7-8,13-14,16H,2,5-6,9-11H2. The highest BCUT2D eigenvalue weighted by Gasteiger charge is 2.27. The molecule has 97 valence electrons. The van der Waals surface area contributed by atoms with Crippen LogP contribution in [0.25, 0.3) is 0 Å². The lowest BCUT2D eigenvalue weighted by Gasteiger charge is -2.25. The Hall–Kier alpha value is -1.35. The first-order valence-corrected chi connectivity index (χ1v) is 6.69. The van der Waals surface area contributed by atoms with Crippen LogP contribution < -0.4 is 5.73 Å². The molecule has 1 aromatic rings. The molecule has 1 N–H and O–H groups in total. The van der Waals surface area contributed by atoms with Crippen molar-refractivity contribution in [3.63, 3.8) is 0 Å². The van der Waals surface area contributed by atoms with Crippen molar-refractivity contribution in [1.82, 2.24) is 5.73 Å². The number of carbonyl (C=O) groups is 1. The van der Waals surface area contributed by atoms with Gasteiger partial charge in [0.2, 0.25) is 0 Å². The van der Waals surface area contributed by atoms with Gasteiger partial charge in [0.25, 0.3) is 0 Å². The molecule has 1 saturated carbocycles. The molecule has 1 aliphatic carbocycles. The number of nitrogens with one attached hydrogen (secondary N) is 1. The van der Waals surface area contributed by atoms with E-state index in [1.165, 1.54) is 6.42 Å². The fourth-order valence-electron chi connectivity index (χ4n) is 2.48. The highest BCUT2D eigenvalue weighted by Crippen LogP contribution is 2.26. The third-order valence-electron chi connectivity index (χ3n) is 3.60. The van der Waals surface area contributed by atoms with Crippen LogP contribution in [-0.4, -0.2) is 12.0 Å². The average molecular weight is 246 g/mol. The minimum atomic E-state index is -0.700. The van der Waals surface area contributed by atoms with Gasteiger partial charge in [0, 0.05) is 0 Å². The molecule has 1 aliphatic rings. The first-order valence-electron chi connectivity index (χ1n) is 6.69. The monoisotopic (exact) mass is 246 g/mol. The predicted octanol–water partition coefficient (Wildman–Crippen LogP) is 2.96. The predicted molar refractivity (Wildman–Crippen MR) is 69.7 cm³/mol. The van der Waals surface area contributed by atoms with Gasteiger partial charge in [-0.15, -0.1) is 0 Å². The summed E-state index contributed by atoms with van der Waals surface area (Å²) < 4.78 is 5.22. The highest BCUT2D eigenvalue weighted by molar-refractivity contribution is 5.75. The van der Waals surface area contributed by atoms with Crippen molar-refractivity contribution in [2.75, 3.05) is 0 Å². The smallest absolute Gasteiger partial charge is 0.325 e. The largest absolute Gasteiger partial charge is 0.460 e. The summed E-state index contributed by atoms with van der Waals surface area (Å²) in [6.07, 6.45) is 5.52. The Morgan fingerprint density at radius 1 is 1.22 bits per heavy atom. The van der Waals surface area contributed by atoms with E-state index in [0.29, 0.717) is 0 Å². The first-order chi connectivity index (χ1) is 8.77. The van der Waals surface area contributed by atoms with Gasteiger partial charge in [0.05, 0.1) is 0 Å². The molecule has 3 heteroatoms. The number of hydrogen-bond donors (Lipinski definition) is 0. The van der Waals surface area contributed by atoms with Crippen molar-refractivity contribution in [2.24, 2.45) is 5.92 Å². The van der Waals surface area contributed by atoms with Gasteiger partial charge in [0.15, 0.2) is 0 Å². The lowest BCUT2D eigenvalue weighted by molar-refractivity contribution is -0.148. The third kappa shape index (κ3) is 3.57. The van der Waals surface area contributed by atoms with E-state index in [9.17, 15) is 4.79 Å². The third-order valence-corrected chi connectivity index (χ3v) is 3.60. The number of benzene rings is 1. The minimum absolute atomic E-state index is 0.196. The Kier molecular flexibility index (Phi) is 4.76. The van der Waals surface area contributed by atoms with Gasteiger partial charge in [-0.2, -0.15) is 0 Å². The normalized spacial score (nSPS) is 18.3. The SMILES string of the molecule is [NH]C(C(=O)OCc1ccccc1)C1CCCCC1. The molecule has 2 rings (SSSR count). The fourth-order valence-corrected chi connectivity index (χ4v) is 2.48. The Labute approximate surface area is 108 Å². The maximum Gasteiger partial charge on any atom is 0.325 e. The molecule has 0 amide bonds. The highest BCUT2D eigenvalue weighted by atomic mass is 16.5. The maximum absolute atomic E-state index is 11.8. The summed E-state index contributed by atoms with van der Waals surface area (Å²) in [6.45, 7) is 0.280. The van der Waals surface area contributed by atoms with Gasteiger partial charge >= 0.3 is 5.97 Å². The molecule has 0 spiro atoms. The Morgan fingerprint density at radius 3 is 2.56 bits per heavy atom. The Bertz CT molecular complexity index is 371. The van der Waals surface area contributed by atoms with Crippen LogP contribution in [0.2, 0.25) is 0 Å². The summed E-state index contributed by atoms with van der Waals surface area (Å²) in [5, 5.41) is 0. The molecule has 0 bridgehead atoms. The molecule has 0 aromatic heterocycles. The molecule has 1 radical (unpaired) electrons. The van der Waals surface area contributed by atoms with Crippen molar-refractivity contribution in [2.45, 2.75) is 44.8 Å². The van der Waals surface area contributed by atoms with Gasteiger partial charge in [-0.05, 0) is 24.3 Å². The molecule has 1 aromatic carbocycles. The summed E-state index contributed by atoms with van der Waals surface area (Å²) >= 11 is 0. The maximum atomic E-state index is 11.8. The van der Waals surface area contributed by atoms with E-state index < -0.39 is 6.04 Å². The molecular weight excluding hydrogens is 226 g/mol. The van der Waals surface area contributed by atoms with Crippen molar-refractivity contribution >= 4 is 5.97 Å². The van der Waals surface area contributed by atoms with E-state index >= 15 is 0 Å². The van der Waals surface area contributed by atoms with E-state index in [2.05, 4.69) is 0 Å². The second-order valence-electron chi connectivity index (χ2n) is 4.97. The van der Waals surface area contributed by atoms with Crippen molar-refractivity contribution in [3.8, 4) is 0 Å². The van der Waals surface area contributed by atoms with E-state index in [0.717, 1.165) is 31.2 Å². The van der Waals surface area contributed by atoms with Crippen molar-refractivity contribution in [1.29, 1.82) is 0 Å². The van der Waals surface area contributed by atoms with Crippen LogP contribution in [0.15, 0.2) is 30.3 Å². The van der Waals surface area contributed by atoms with Gasteiger partial charge in [0.1, 0.15) is 12.6 Å². The molecule has 0 aliphatic heterocycles. The zero-order valence-electron chi connectivity index (χ0n) is 10.6. The lowest BCUT2D eigenvalue weighted by atomic mass is 9.84. The molecular formula is C15H20NO2. The molecule has 0 saturated heterocycles. The van der Waals surface area contributed by atoms with E-state index in [1.807, 2.05) is 30.3 Å². The lowest BCUT2D eigenvalue weighted by Crippen LogP contribution is -2.33. The molecule has 3 nitrogen and oxygen atoms in total. The topological polar surface area (TPSA) is 50.1 Å². The van der Waals surface area contributed by atoms with Crippen molar-refractivity contribution in [3.05, 3.63) is 35.9 Å². The molecule has 1 atom stereocenters. The molecule has 18 heavy (non-hydrogen) atoms. The van der Waals surface area contributed by atoms with Gasteiger partial charge in [-0.3, -0.25) is 4.79 Å². The number of esters is 1. The van der Waals surface area contributed by atoms with Crippen LogP contribution >= 0.6 is 0 Å². The van der Waals surface area contributed by atoms with Crippen LogP contribution in [0.1, 0.15) is 37.7 Å². The van der Waals surface area contributed by atoms with E-state index in [-0.39, 0.29) is 18.5 Å². The summed E-state index contributed by atoms with van der Waals surface area (Å²) in [5.41, 5.74) is 8.94. The summed E-state index contributed by atoms with van der Waals surface area (Å²) in [6, 6.07) is 8.92. The zero-order chi connectivity index (χ0) is 12.8. The first kappa shape index (κ1) is 13.1. The second kappa shape index (κ2) is 6.55. The number of carbonyl (C=O) groups excluding carboxylic acids is 1. The van der Waals surface area contributed by atoms with Crippen LogP contribution in [0.4, 0.5) is 0 Å². The van der Waals surface area contributed by atoms with Crippen LogP contribution in [0.3, 0.4) is 0 Å². The molecule has 1 unspecified atom stereocenters. The van der Waals surface area contributed by atoms with Crippen molar-refractivity contribution < 1.29 is 9.53 Å². The zero-order valence-corrected chi connectivity index (χ0v) is 10.6. The molecule has 0 heterocycles. The van der Waals surface area contributed by atoms with Gasteiger partial charge in [-0.1, -0.05) is 49.6 Å². The minimum Gasteiger partial charge on any atom is -0.460 e. The quantitative estimate of drug-likeness (QED) is 0.767. The Morgan fingerprint density at radius 2 is 1.89 bits per heavy atom. The summed E-state index contributed by atoms with van der Waals surface area (Å²) in [7, 11) is 0.